The van der Waals surface area contributed by atoms with Crippen molar-refractivity contribution in [3.8, 4) is 5.75 Å². The Morgan fingerprint density at radius 2 is 1.89 bits per heavy atom. The van der Waals surface area contributed by atoms with Crippen LogP contribution in [0, 0.1) is 0 Å². The van der Waals surface area contributed by atoms with Crippen molar-refractivity contribution in [2.24, 2.45) is 0 Å². The Kier molecular flexibility index (Phi) is 5.69. The summed E-state index contributed by atoms with van der Waals surface area (Å²) in [6, 6.07) is 12.1. The van der Waals surface area contributed by atoms with E-state index in [0.717, 1.165) is 14.5 Å². The maximum absolute atomic E-state index is 13.1. The number of thiazole rings is 1. The number of anilines is 1. The molecule has 9 heteroatoms. The molecule has 1 aromatic heterocycles. The average Bonchev–Trinajstić information content (AvgIpc) is 3.11. The normalized spacial score (nSPS) is 11.8. The van der Waals surface area contributed by atoms with E-state index in [9.17, 15) is 13.2 Å². The molecular weight excluding hydrogens is 398 g/mol. The third kappa shape index (κ3) is 3.60. The summed E-state index contributed by atoms with van der Waals surface area (Å²) in [5.74, 6) is -0.132. The van der Waals surface area contributed by atoms with Crippen molar-refractivity contribution in [3.63, 3.8) is 0 Å². The summed E-state index contributed by atoms with van der Waals surface area (Å²) in [6.45, 7) is 2.26. The summed E-state index contributed by atoms with van der Waals surface area (Å²) in [7, 11) is 0.492. The van der Waals surface area contributed by atoms with E-state index in [1.54, 1.807) is 11.0 Å². The standard InChI is InChI=1S/C19H21N3O4S2/c1-5-22(19-20-14-8-6-7-9-16(14)27-19)18(23)13-10-11-15(26-4)17(12-13)28(24,25)21(2)3/h6-12H,5H2,1-4H3. The van der Waals surface area contributed by atoms with Gasteiger partial charge in [0, 0.05) is 26.2 Å². The van der Waals surface area contributed by atoms with Gasteiger partial charge in [0.2, 0.25) is 10.0 Å². The van der Waals surface area contributed by atoms with Crippen molar-refractivity contribution in [2.45, 2.75) is 11.8 Å². The summed E-state index contributed by atoms with van der Waals surface area (Å²) < 4.78 is 32.5. The monoisotopic (exact) mass is 419 g/mol. The number of hydrogen-bond acceptors (Lipinski definition) is 6. The lowest BCUT2D eigenvalue weighted by Gasteiger charge is -2.19. The molecule has 0 aliphatic rings. The minimum absolute atomic E-state index is 0.0498. The third-order valence-electron chi connectivity index (χ3n) is 4.24. The molecule has 2 aromatic carbocycles. The molecule has 28 heavy (non-hydrogen) atoms. The zero-order valence-electron chi connectivity index (χ0n) is 16.0. The second kappa shape index (κ2) is 7.86. The lowest BCUT2D eigenvalue weighted by atomic mass is 10.2. The maximum atomic E-state index is 13.1. The van der Waals surface area contributed by atoms with Gasteiger partial charge in [-0.05, 0) is 37.3 Å². The summed E-state index contributed by atoms with van der Waals surface area (Å²) in [5.41, 5.74) is 1.07. The third-order valence-corrected chi connectivity index (χ3v) is 7.14. The van der Waals surface area contributed by atoms with Crippen LogP contribution >= 0.6 is 11.3 Å². The molecule has 1 heterocycles. The van der Waals surface area contributed by atoms with Crippen molar-refractivity contribution < 1.29 is 17.9 Å². The van der Waals surface area contributed by atoms with E-state index in [4.69, 9.17) is 4.74 Å². The predicted molar refractivity (Wildman–Crippen MR) is 111 cm³/mol. The first-order valence-electron chi connectivity index (χ1n) is 8.57. The zero-order chi connectivity index (χ0) is 20.5. The van der Waals surface area contributed by atoms with E-state index in [1.807, 2.05) is 31.2 Å². The second-order valence-corrected chi connectivity index (χ2v) is 9.30. The van der Waals surface area contributed by atoms with Gasteiger partial charge >= 0.3 is 0 Å². The summed E-state index contributed by atoms with van der Waals surface area (Å²) in [6.07, 6.45) is 0. The first-order chi connectivity index (χ1) is 13.3. The van der Waals surface area contributed by atoms with Gasteiger partial charge in [0.15, 0.2) is 5.13 Å². The van der Waals surface area contributed by atoms with Crippen LogP contribution < -0.4 is 9.64 Å². The molecule has 148 valence electrons. The van der Waals surface area contributed by atoms with Crippen molar-refractivity contribution >= 4 is 42.6 Å². The van der Waals surface area contributed by atoms with E-state index >= 15 is 0 Å². The van der Waals surface area contributed by atoms with Crippen molar-refractivity contribution in [1.82, 2.24) is 9.29 Å². The number of methoxy groups -OCH3 is 1. The number of carbonyl (C=O) groups excluding carboxylic acids is 1. The van der Waals surface area contributed by atoms with Crippen molar-refractivity contribution in [1.29, 1.82) is 0 Å². The molecular formula is C19H21N3O4S2. The topological polar surface area (TPSA) is 79.8 Å². The predicted octanol–water partition coefficient (Wildman–Crippen LogP) is 3.22. The molecule has 0 bridgehead atoms. The maximum Gasteiger partial charge on any atom is 0.260 e. The van der Waals surface area contributed by atoms with Crippen LogP contribution in [0.1, 0.15) is 17.3 Å². The molecule has 0 fully saturated rings. The first kappa shape index (κ1) is 20.2. The molecule has 1 amide bonds. The van der Waals surface area contributed by atoms with E-state index in [0.29, 0.717) is 11.7 Å². The molecule has 0 N–H and O–H groups in total. The Morgan fingerprint density at radius 3 is 2.50 bits per heavy atom. The Labute approximate surface area is 168 Å². The van der Waals surface area contributed by atoms with Crippen LogP contribution in [0.5, 0.6) is 5.75 Å². The van der Waals surface area contributed by atoms with Crippen LogP contribution in [0.2, 0.25) is 0 Å². The number of sulfonamides is 1. The first-order valence-corrected chi connectivity index (χ1v) is 10.8. The van der Waals surface area contributed by atoms with Gasteiger partial charge in [-0.2, -0.15) is 0 Å². The number of nitrogens with zero attached hydrogens (tertiary/aromatic N) is 3. The minimum Gasteiger partial charge on any atom is -0.495 e. The SMILES string of the molecule is CCN(C(=O)c1ccc(OC)c(S(=O)(=O)N(C)C)c1)c1nc2ccccc2s1. The summed E-state index contributed by atoms with van der Waals surface area (Å²) in [4.78, 5) is 19.2. The van der Waals surface area contributed by atoms with E-state index in [2.05, 4.69) is 4.98 Å². The fourth-order valence-electron chi connectivity index (χ4n) is 2.71. The number of fused-ring (bicyclic) bond motifs is 1. The van der Waals surface area contributed by atoms with Crippen molar-refractivity contribution in [3.05, 3.63) is 48.0 Å². The molecule has 7 nitrogen and oxygen atoms in total. The number of carbonyl (C=O) groups is 1. The fraction of sp³-hybridized carbons (Fsp3) is 0.263. The summed E-state index contributed by atoms with van der Waals surface area (Å²) in [5, 5.41) is 0.571. The van der Waals surface area contributed by atoms with E-state index < -0.39 is 10.0 Å². The van der Waals surface area contributed by atoms with Crippen LogP contribution in [-0.2, 0) is 10.0 Å². The van der Waals surface area contributed by atoms with Gasteiger partial charge in [-0.25, -0.2) is 17.7 Å². The average molecular weight is 420 g/mol. The molecule has 0 saturated heterocycles. The second-order valence-electron chi connectivity index (χ2n) is 6.17. The Bertz CT molecular complexity index is 1090. The Balaban J connectivity index is 2.05. The molecule has 0 aliphatic carbocycles. The molecule has 0 spiro atoms. The number of aromatic nitrogens is 1. The quantitative estimate of drug-likeness (QED) is 0.613. The van der Waals surface area contributed by atoms with Gasteiger partial charge in [0.05, 0.1) is 17.3 Å². The largest absolute Gasteiger partial charge is 0.495 e. The fourth-order valence-corrected chi connectivity index (χ4v) is 4.81. The highest BCUT2D eigenvalue weighted by Crippen LogP contribution is 2.31. The smallest absolute Gasteiger partial charge is 0.260 e. The Hall–Kier alpha value is -2.49. The number of benzene rings is 2. The lowest BCUT2D eigenvalue weighted by Crippen LogP contribution is -2.31. The van der Waals surface area contributed by atoms with E-state index in [1.165, 1.54) is 44.7 Å². The molecule has 0 unspecified atom stereocenters. The number of amides is 1. The molecule has 0 aliphatic heterocycles. The van der Waals surface area contributed by atoms with Gasteiger partial charge in [0.1, 0.15) is 10.6 Å². The lowest BCUT2D eigenvalue weighted by molar-refractivity contribution is 0.0988. The number of rotatable bonds is 6. The number of ether oxygens (including phenoxy) is 1. The van der Waals surface area contributed by atoms with Crippen LogP contribution in [-0.4, -0.2) is 51.4 Å². The van der Waals surface area contributed by atoms with Gasteiger partial charge in [-0.1, -0.05) is 23.5 Å². The van der Waals surface area contributed by atoms with Gasteiger partial charge in [-0.15, -0.1) is 0 Å². The van der Waals surface area contributed by atoms with Crippen LogP contribution in [0.15, 0.2) is 47.4 Å². The highest BCUT2D eigenvalue weighted by molar-refractivity contribution is 7.89. The van der Waals surface area contributed by atoms with Crippen LogP contribution in [0.4, 0.5) is 5.13 Å². The molecule has 0 atom stereocenters. The highest BCUT2D eigenvalue weighted by Gasteiger charge is 2.26. The van der Waals surface area contributed by atoms with Gasteiger partial charge in [0.25, 0.3) is 5.91 Å². The Morgan fingerprint density at radius 1 is 1.18 bits per heavy atom. The van der Waals surface area contributed by atoms with Crippen molar-refractivity contribution in [2.75, 3.05) is 32.6 Å². The zero-order valence-corrected chi connectivity index (χ0v) is 17.7. The molecule has 0 saturated carbocycles. The molecule has 0 radical (unpaired) electrons. The van der Waals surface area contributed by atoms with Crippen LogP contribution in [0.3, 0.4) is 0 Å². The molecule has 3 rings (SSSR count). The van der Waals surface area contributed by atoms with Gasteiger partial charge in [-0.3, -0.25) is 9.69 Å². The highest BCUT2D eigenvalue weighted by atomic mass is 32.2. The minimum atomic E-state index is -3.77. The summed E-state index contributed by atoms with van der Waals surface area (Å²) >= 11 is 1.42. The van der Waals surface area contributed by atoms with Gasteiger partial charge < -0.3 is 4.74 Å². The van der Waals surface area contributed by atoms with E-state index in [-0.39, 0.29) is 22.1 Å². The number of para-hydroxylation sites is 1. The number of hydrogen-bond donors (Lipinski definition) is 0. The van der Waals surface area contributed by atoms with Crippen LogP contribution in [0.25, 0.3) is 10.2 Å². The molecule has 3 aromatic rings.